The van der Waals surface area contributed by atoms with Crippen molar-refractivity contribution < 1.29 is 13.2 Å². The highest BCUT2D eigenvalue weighted by molar-refractivity contribution is 7.91. The number of sulfone groups is 1. The van der Waals surface area contributed by atoms with Crippen molar-refractivity contribution in [3.8, 4) is 0 Å². The number of benzene rings is 1. The lowest BCUT2D eigenvalue weighted by molar-refractivity contribution is -0.120. The van der Waals surface area contributed by atoms with Crippen LogP contribution in [0.5, 0.6) is 0 Å². The maximum atomic E-state index is 11.7. The van der Waals surface area contributed by atoms with Gasteiger partial charge in [-0.05, 0) is 30.0 Å². The van der Waals surface area contributed by atoms with Gasteiger partial charge in [0.05, 0.1) is 17.9 Å². The van der Waals surface area contributed by atoms with Gasteiger partial charge < -0.3 is 5.32 Å². The fourth-order valence-corrected chi connectivity index (χ4v) is 4.16. The number of nitrogens with one attached hydrogen (secondary N) is 1. The van der Waals surface area contributed by atoms with E-state index in [4.69, 9.17) is 0 Å². The molecule has 1 aliphatic rings. The van der Waals surface area contributed by atoms with E-state index in [1.165, 1.54) is 0 Å². The zero-order valence-electron chi connectivity index (χ0n) is 10.5. The summed E-state index contributed by atoms with van der Waals surface area (Å²) in [7, 11) is -2.87. The summed E-state index contributed by atoms with van der Waals surface area (Å²) in [5.74, 6) is 0.434. The van der Waals surface area contributed by atoms with Gasteiger partial charge in [-0.15, -0.1) is 12.6 Å². The van der Waals surface area contributed by atoms with E-state index in [0.717, 1.165) is 10.5 Å². The molecule has 1 atom stereocenters. The number of hydrogen-bond acceptors (Lipinski definition) is 4. The highest BCUT2D eigenvalue weighted by atomic mass is 32.2. The first-order chi connectivity index (χ1) is 8.94. The Hall–Kier alpha value is -1.01. The van der Waals surface area contributed by atoms with E-state index in [9.17, 15) is 13.2 Å². The lowest BCUT2D eigenvalue weighted by Gasteiger charge is -2.09. The topological polar surface area (TPSA) is 63.2 Å². The first kappa shape index (κ1) is 14.4. The third kappa shape index (κ3) is 4.54. The molecule has 0 aliphatic carbocycles. The highest BCUT2D eigenvalue weighted by Gasteiger charge is 2.27. The number of thiol groups is 1. The molecule has 0 spiro atoms. The summed E-state index contributed by atoms with van der Waals surface area (Å²) < 4.78 is 22.6. The van der Waals surface area contributed by atoms with E-state index in [1.54, 1.807) is 0 Å². The highest BCUT2D eigenvalue weighted by Crippen LogP contribution is 2.17. The molecular formula is C13H17NO3S2. The van der Waals surface area contributed by atoms with E-state index in [2.05, 4.69) is 17.9 Å². The third-order valence-electron chi connectivity index (χ3n) is 3.22. The predicted molar refractivity (Wildman–Crippen MR) is 77.2 cm³/mol. The van der Waals surface area contributed by atoms with Crippen molar-refractivity contribution in [3.63, 3.8) is 0 Å². The summed E-state index contributed by atoms with van der Waals surface area (Å²) in [6.45, 7) is 0.447. The number of carbonyl (C=O) groups is 1. The molecule has 2 rings (SSSR count). The Balaban J connectivity index is 1.78. The monoisotopic (exact) mass is 299 g/mol. The molecule has 1 aromatic carbocycles. The zero-order valence-corrected chi connectivity index (χ0v) is 12.2. The van der Waals surface area contributed by atoms with Gasteiger partial charge in [0, 0.05) is 11.4 Å². The Kier molecular flexibility index (Phi) is 4.52. The van der Waals surface area contributed by atoms with Crippen molar-refractivity contribution in [2.24, 2.45) is 5.92 Å². The normalized spacial score (nSPS) is 21.2. The van der Waals surface area contributed by atoms with E-state index in [0.29, 0.717) is 19.4 Å². The molecule has 1 fully saturated rings. The van der Waals surface area contributed by atoms with Gasteiger partial charge in [-0.2, -0.15) is 0 Å². The Morgan fingerprint density at radius 1 is 1.32 bits per heavy atom. The van der Waals surface area contributed by atoms with Crippen LogP contribution in [0, 0.1) is 5.92 Å². The summed E-state index contributed by atoms with van der Waals surface area (Å²) in [5.41, 5.74) is 0.925. The van der Waals surface area contributed by atoms with Crippen molar-refractivity contribution in [3.05, 3.63) is 29.8 Å². The van der Waals surface area contributed by atoms with Gasteiger partial charge in [-0.25, -0.2) is 8.42 Å². The molecule has 1 saturated heterocycles. The Morgan fingerprint density at radius 3 is 2.58 bits per heavy atom. The second-order valence-corrected chi connectivity index (χ2v) is 7.66. The van der Waals surface area contributed by atoms with Crippen LogP contribution in [0.4, 0.5) is 0 Å². The van der Waals surface area contributed by atoms with Crippen molar-refractivity contribution in [2.75, 3.05) is 18.1 Å². The summed E-state index contributed by atoms with van der Waals surface area (Å²) in [4.78, 5) is 12.6. The molecule has 1 aromatic rings. The molecule has 0 radical (unpaired) electrons. The molecule has 19 heavy (non-hydrogen) atoms. The third-order valence-corrected chi connectivity index (χ3v) is 5.35. The minimum Gasteiger partial charge on any atom is -0.356 e. The van der Waals surface area contributed by atoms with Gasteiger partial charge in [0.25, 0.3) is 0 Å². The number of amides is 1. The van der Waals surface area contributed by atoms with Gasteiger partial charge in [0.2, 0.25) is 5.91 Å². The van der Waals surface area contributed by atoms with E-state index < -0.39 is 9.84 Å². The summed E-state index contributed by atoms with van der Waals surface area (Å²) in [6, 6.07) is 7.41. The number of carbonyl (C=O) groups excluding carboxylic acids is 1. The molecule has 6 heteroatoms. The van der Waals surface area contributed by atoms with Crippen LogP contribution >= 0.6 is 12.6 Å². The first-order valence-electron chi connectivity index (χ1n) is 6.20. The molecule has 1 unspecified atom stereocenters. The second kappa shape index (κ2) is 5.96. The van der Waals surface area contributed by atoms with Crippen molar-refractivity contribution >= 4 is 28.4 Å². The lowest BCUT2D eigenvalue weighted by atomic mass is 10.1. The molecule has 0 aromatic heterocycles. The van der Waals surface area contributed by atoms with Gasteiger partial charge >= 0.3 is 0 Å². The average molecular weight is 299 g/mol. The van der Waals surface area contributed by atoms with E-state index in [1.807, 2.05) is 24.3 Å². The SMILES string of the molecule is O=C(Cc1ccc(S)cc1)NCC1CCS(=O)(=O)C1. The molecule has 4 nitrogen and oxygen atoms in total. The molecule has 1 heterocycles. The largest absolute Gasteiger partial charge is 0.356 e. The Labute approximate surface area is 118 Å². The Morgan fingerprint density at radius 2 is 2.00 bits per heavy atom. The predicted octanol–water partition coefficient (Wildman–Crippen LogP) is 1.07. The van der Waals surface area contributed by atoms with Crippen LogP contribution in [0.25, 0.3) is 0 Å². The van der Waals surface area contributed by atoms with Crippen LogP contribution in [0.15, 0.2) is 29.2 Å². The summed E-state index contributed by atoms with van der Waals surface area (Å²) >= 11 is 4.18. The molecular weight excluding hydrogens is 282 g/mol. The fraction of sp³-hybridized carbons (Fsp3) is 0.462. The maximum Gasteiger partial charge on any atom is 0.224 e. The van der Waals surface area contributed by atoms with Crippen LogP contribution in [-0.4, -0.2) is 32.4 Å². The lowest BCUT2D eigenvalue weighted by Crippen LogP contribution is -2.30. The standard InChI is InChI=1S/C13H17NO3S2/c15-13(7-10-1-3-12(18)4-2-10)14-8-11-5-6-19(16,17)9-11/h1-4,11,18H,5-9H2,(H,14,15). The fourth-order valence-electron chi connectivity index (χ4n) is 2.15. The molecule has 104 valence electrons. The maximum absolute atomic E-state index is 11.7. The van der Waals surface area contributed by atoms with E-state index in [-0.39, 0.29) is 23.3 Å². The van der Waals surface area contributed by atoms with Gasteiger partial charge in [-0.1, -0.05) is 12.1 Å². The first-order valence-corrected chi connectivity index (χ1v) is 8.46. The number of hydrogen-bond donors (Lipinski definition) is 2. The minimum atomic E-state index is -2.87. The second-order valence-electron chi connectivity index (χ2n) is 4.92. The van der Waals surface area contributed by atoms with Crippen LogP contribution in [0.1, 0.15) is 12.0 Å². The van der Waals surface area contributed by atoms with Crippen LogP contribution in [-0.2, 0) is 21.1 Å². The average Bonchev–Trinajstić information content (AvgIpc) is 2.69. The quantitative estimate of drug-likeness (QED) is 0.818. The van der Waals surface area contributed by atoms with E-state index >= 15 is 0 Å². The van der Waals surface area contributed by atoms with Gasteiger partial charge in [0.15, 0.2) is 9.84 Å². The smallest absolute Gasteiger partial charge is 0.224 e. The zero-order chi connectivity index (χ0) is 13.9. The minimum absolute atomic E-state index is 0.0637. The van der Waals surface area contributed by atoms with Gasteiger partial charge in [0.1, 0.15) is 0 Å². The summed E-state index contributed by atoms with van der Waals surface area (Å²) in [6.07, 6.45) is 0.963. The molecule has 1 aliphatic heterocycles. The van der Waals surface area contributed by atoms with Crippen LogP contribution in [0.3, 0.4) is 0 Å². The molecule has 0 saturated carbocycles. The Bertz CT molecular complexity index is 552. The van der Waals surface area contributed by atoms with Gasteiger partial charge in [-0.3, -0.25) is 4.79 Å². The van der Waals surface area contributed by atoms with Crippen molar-refractivity contribution in [1.29, 1.82) is 0 Å². The van der Waals surface area contributed by atoms with Crippen molar-refractivity contribution in [2.45, 2.75) is 17.7 Å². The number of rotatable bonds is 4. The molecule has 0 bridgehead atoms. The van der Waals surface area contributed by atoms with Crippen LogP contribution in [0.2, 0.25) is 0 Å². The van der Waals surface area contributed by atoms with Crippen molar-refractivity contribution in [1.82, 2.24) is 5.32 Å². The molecule has 1 amide bonds. The van der Waals surface area contributed by atoms with Crippen LogP contribution < -0.4 is 5.32 Å². The summed E-state index contributed by atoms with van der Waals surface area (Å²) in [5, 5.41) is 2.80. The molecule has 1 N–H and O–H groups in total.